The Kier molecular flexibility index (Phi) is 1.95. The van der Waals surface area contributed by atoms with E-state index in [9.17, 15) is 0 Å². The van der Waals surface area contributed by atoms with Crippen molar-refractivity contribution < 1.29 is 0 Å². The van der Waals surface area contributed by atoms with E-state index in [1.54, 1.807) is 23.9 Å². The zero-order chi connectivity index (χ0) is 11.9. The predicted octanol–water partition coefficient (Wildman–Crippen LogP) is 3.01. The maximum atomic E-state index is 4.56. The minimum atomic E-state index is 0.757. The number of aromatic nitrogens is 4. The first-order valence-corrected chi connectivity index (χ1v) is 6.34. The summed E-state index contributed by atoms with van der Waals surface area (Å²) >= 11 is 1.60. The first-order valence-electron chi connectivity index (χ1n) is 5.57. The van der Waals surface area contributed by atoms with Crippen molar-refractivity contribution in [1.82, 2.24) is 18.7 Å². The molecule has 0 N–H and O–H groups in total. The number of hydrogen-bond acceptors (Lipinski definition) is 4. The third-order valence-electron chi connectivity index (χ3n) is 2.81. The molecule has 4 nitrogen and oxygen atoms in total. The molecule has 0 aliphatic heterocycles. The summed E-state index contributed by atoms with van der Waals surface area (Å²) in [6, 6.07) is 12.0. The molecule has 0 spiro atoms. The SMILES string of the molecule is c1ccc2c(c1)nc1nc(-c3ccncc3)sn12. The topological polar surface area (TPSA) is 43.1 Å². The number of nitrogens with zero attached hydrogens (tertiary/aromatic N) is 4. The van der Waals surface area contributed by atoms with Gasteiger partial charge in [0.1, 0.15) is 5.01 Å². The molecule has 0 unspecified atom stereocenters. The first-order chi connectivity index (χ1) is 8.92. The summed E-state index contributed by atoms with van der Waals surface area (Å²) in [6.45, 7) is 0. The van der Waals surface area contributed by atoms with Crippen molar-refractivity contribution >= 4 is 28.3 Å². The standard InChI is InChI=1S/C13H8N4S/c1-2-4-11-10(3-1)15-13-16-12(18-17(11)13)9-5-7-14-8-6-9/h1-8H. The van der Waals surface area contributed by atoms with Crippen molar-refractivity contribution in [3.63, 3.8) is 0 Å². The minimum Gasteiger partial charge on any atom is -0.265 e. The molecule has 0 aliphatic rings. The Hall–Kier alpha value is -2.27. The first kappa shape index (κ1) is 9.73. The number of pyridine rings is 1. The van der Waals surface area contributed by atoms with Crippen LogP contribution in [-0.2, 0) is 0 Å². The molecule has 0 bridgehead atoms. The smallest absolute Gasteiger partial charge is 0.246 e. The van der Waals surface area contributed by atoms with Crippen molar-refractivity contribution in [3.8, 4) is 10.6 Å². The van der Waals surface area contributed by atoms with E-state index in [1.807, 2.05) is 30.3 Å². The van der Waals surface area contributed by atoms with E-state index >= 15 is 0 Å². The van der Waals surface area contributed by atoms with Gasteiger partial charge in [0, 0.05) is 18.0 Å². The molecule has 86 valence electrons. The van der Waals surface area contributed by atoms with Gasteiger partial charge < -0.3 is 0 Å². The number of hydrogen-bond donors (Lipinski definition) is 0. The zero-order valence-corrected chi connectivity index (χ0v) is 10.1. The largest absolute Gasteiger partial charge is 0.265 e. The number of imidazole rings is 1. The lowest BCUT2D eigenvalue weighted by Crippen LogP contribution is -1.76. The van der Waals surface area contributed by atoms with Gasteiger partial charge in [-0.1, -0.05) is 12.1 Å². The van der Waals surface area contributed by atoms with E-state index in [0.29, 0.717) is 0 Å². The lowest BCUT2D eigenvalue weighted by Gasteiger charge is -1.92. The van der Waals surface area contributed by atoms with Crippen molar-refractivity contribution in [2.45, 2.75) is 0 Å². The predicted molar refractivity (Wildman–Crippen MR) is 71.6 cm³/mol. The van der Waals surface area contributed by atoms with Crippen LogP contribution in [0.5, 0.6) is 0 Å². The quantitative estimate of drug-likeness (QED) is 0.523. The highest BCUT2D eigenvalue weighted by atomic mass is 32.1. The summed E-state index contributed by atoms with van der Waals surface area (Å²) < 4.78 is 2.06. The molecular weight excluding hydrogens is 244 g/mol. The van der Waals surface area contributed by atoms with Gasteiger partial charge in [0.25, 0.3) is 0 Å². The molecule has 0 saturated carbocycles. The van der Waals surface area contributed by atoms with Gasteiger partial charge in [0.15, 0.2) is 0 Å². The Balaban J connectivity index is 2.00. The Labute approximate surface area is 107 Å². The van der Waals surface area contributed by atoms with Gasteiger partial charge in [-0.25, -0.2) is 8.77 Å². The Morgan fingerprint density at radius 3 is 2.67 bits per heavy atom. The summed E-state index contributed by atoms with van der Waals surface area (Å²) in [5.74, 6) is 0.757. The summed E-state index contributed by atoms with van der Waals surface area (Å²) in [4.78, 5) is 13.1. The van der Waals surface area contributed by atoms with Crippen molar-refractivity contribution in [3.05, 3.63) is 48.8 Å². The van der Waals surface area contributed by atoms with Crippen LogP contribution in [0.25, 0.3) is 27.4 Å². The van der Waals surface area contributed by atoms with E-state index in [0.717, 1.165) is 27.4 Å². The second kappa shape index (κ2) is 3.61. The van der Waals surface area contributed by atoms with Crippen LogP contribution in [0.4, 0.5) is 0 Å². The second-order valence-electron chi connectivity index (χ2n) is 3.94. The van der Waals surface area contributed by atoms with Crippen LogP contribution in [0.3, 0.4) is 0 Å². The Morgan fingerprint density at radius 1 is 0.944 bits per heavy atom. The fraction of sp³-hybridized carbons (Fsp3) is 0. The van der Waals surface area contributed by atoms with Gasteiger partial charge >= 0.3 is 0 Å². The Bertz CT molecular complexity index is 832. The molecule has 3 heterocycles. The van der Waals surface area contributed by atoms with Gasteiger partial charge in [-0.3, -0.25) is 4.98 Å². The van der Waals surface area contributed by atoms with E-state index in [-0.39, 0.29) is 0 Å². The van der Waals surface area contributed by atoms with Crippen molar-refractivity contribution in [2.75, 3.05) is 0 Å². The average molecular weight is 252 g/mol. The normalized spacial score (nSPS) is 11.3. The van der Waals surface area contributed by atoms with Crippen LogP contribution in [0, 0.1) is 0 Å². The molecule has 3 aromatic heterocycles. The summed E-state index contributed by atoms with van der Waals surface area (Å²) in [5, 5.41) is 0.964. The summed E-state index contributed by atoms with van der Waals surface area (Å²) in [6.07, 6.45) is 3.55. The molecule has 0 saturated heterocycles. The molecular formula is C13H8N4S. The average Bonchev–Trinajstić information content (AvgIpc) is 2.97. The van der Waals surface area contributed by atoms with Crippen LogP contribution in [0.2, 0.25) is 0 Å². The van der Waals surface area contributed by atoms with Crippen molar-refractivity contribution in [2.24, 2.45) is 0 Å². The van der Waals surface area contributed by atoms with Crippen LogP contribution in [0.1, 0.15) is 0 Å². The van der Waals surface area contributed by atoms with Gasteiger partial charge in [0.05, 0.1) is 11.0 Å². The molecule has 0 atom stereocenters. The molecule has 0 radical (unpaired) electrons. The third-order valence-corrected chi connectivity index (χ3v) is 3.85. The minimum absolute atomic E-state index is 0.757. The van der Waals surface area contributed by atoms with Crippen LogP contribution in [0.15, 0.2) is 48.8 Å². The second-order valence-corrected chi connectivity index (χ2v) is 4.87. The fourth-order valence-corrected chi connectivity index (χ4v) is 2.91. The number of para-hydroxylation sites is 2. The molecule has 0 fully saturated rings. The maximum absolute atomic E-state index is 4.56. The van der Waals surface area contributed by atoms with Gasteiger partial charge in [-0.2, -0.15) is 4.98 Å². The molecule has 5 heteroatoms. The van der Waals surface area contributed by atoms with E-state index in [2.05, 4.69) is 24.8 Å². The monoisotopic (exact) mass is 252 g/mol. The molecule has 4 aromatic rings. The van der Waals surface area contributed by atoms with E-state index in [4.69, 9.17) is 0 Å². The lowest BCUT2D eigenvalue weighted by molar-refractivity contribution is 1.28. The highest BCUT2D eigenvalue weighted by Gasteiger charge is 2.10. The molecule has 0 amide bonds. The molecule has 4 rings (SSSR count). The Morgan fingerprint density at radius 2 is 1.78 bits per heavy atom. The number of benzene rings is 1. The molecule has 1 aromatic carbocycles. The summed E-state index contributed by atoms with van der Waals surface area (Å²) in [7, 11) is 0. The van der Waals surface area contributed by atoms with E-state index < -0.39 is 0 Å². The molecule has 0 aliphatic carbocycles. The maximum Gasteiger partial charge on any atom is 0.246 e. The van der Waals surface area contributed by atoms with Crippen molar-refractivity contribution in [1.29, 1.82) is 0 Å². The van der Waals surface area contributed by atoms with Gasteiger partial charge in [-0.05, 0) is 35.8 Å². The van der Waals surface area contributed by atoms with Gasteiger partial charge in [-0.15, -0.1) is 0 Å². The highest BCUT2D eigenvalue weighted by molar-refractivity contribution is 7.10. The molecule has 18 heavy (non-hydrogen) atoms. The number of rotatable bonds is 1. The summed E-state index contributed by atoms with van der Waals surface area (Å²) in [5.41, 5.74) is 3.16. The highest BCUT2D eigenvalue weighted by Crippen LogP contribution is 2.26. The zero-order valence-electron chi connectivity index (χ0n) is 9.32. The van der Waals surface area contributed by atoms with Crippen LogP contribution < -0.4 is 0 Å². The lowest BCUT2D eigenvalue weighted by atomic mass is 10.3. The number of fused-ring (bicyclic) bond motifs is 3. The van der Waals surface area contributed by atoms with Crippen LogP contribution >= 0.6 is 11.5 Å². The van der Waals surface area contributed by atoms with Crippen LogP contribution in [-0.4, -0.2) is 18.7 Å². The third kappa shape index (κ3) is 1.34. The van der Waals surface area contributed by atoms with E-state index in [1.165, 1.54) is 0 Å². The fourth-order valence-electron chi connectivity index (χ4n) is 1.96. The van der Waals surface area contributed by atoms with Gasteiger partial charge in [0.2, 0.25) is 5.78 Å².